The van der Waals surface area contributed by atoms with Crippen LogP contribution in [0.5, 0.6) is 0 Å². The van der Waals surface area contributed by atoms with Gasteiger partial charge in [0.15, 0.2) is 0 Å². The lowest BCUT2D eigenvalue weighted by Gasteiger charge is -2.26. The highest BCUT2D eigenvalue weighted by molar-refractivity contribution is 5.94. The Morgan fingerprint density at radius 1 is 1.22 bits per heavy atom. The van der Waals surface area contributed by atoms with Gasteiger partial charge in [-0.05, 0) is 49.9 Å². The number of carbonyl (C=O) groups is 1. The first kappa shape index (κ1) is 12.6. The molecule has 0 aliphatic heterocycles. The van der Waals surface area contributed by atoms with Gasteiger partial charge in [-0.3, -0.25) is 4.79 Å². The zero-order chi connectivity index (χ0) is 13.0. The average Bonchev–Trinajstić information content (AvgIpc) is 2.41. The van der Waals surface area contributed by atoms with Gasteiger partial charge in [-0.25, -0.2) is 0 Å². The monoisotopic (exact) mass is 244 g/mol. The second-order valence-electron chi connectivity index (χ2n) is 4.67. The molecule has 1 fully saturated rings. The highest BCUT2D eigenvalue weighted by Gasteiger charge is 2.21. The molecule has 4 nitrogen and oxygen atoms in total. The molecule has 0 radical (unpaired) electrons. The number of rotatable bonds is 2. The molecule has 0 bridgehead atoms. The maximum Gasteiger partial charge on any atom is 0.251 e. The molecule has 0 heterocycles. The van der Waals surface area contributed by atoms with Gasteiger partial charge in [0.1, 0.15) is 0 Å². The van der Waals surface area contributed by atoms with Crippen LogP contribution in [0.15, 0.2) is 24.3 Å². The van der Waals surface area contributed by atoms with Crippen LogP contribution in [-0.4, -0.2) is 23.2 Å². The van der Waals surface area contributed by atoms with E-state index in [2.05, 4.69) is 5.32 Å². The number of nitriles is 1. The molecule has 0 spiro atoms. The molecule has 0 aromatic heterocycles. The summed E-state index contributed by atoms with van der Waals surface area (Å²) in [6.45, 7) is 0. The highest BCUT2D eigenvalue weighted by atomic mass is 16.3. The normalized spacial score (nSPS) is 23.1. The summed E-state index contributed by atoms with van der Waals surface area (Å²) in [6, 6.07) is 8.76. The topological polar surface area (TPSA) is 73.1 Å². The highest BCUT2D eigenvalue weighted by Crippen LogP contribution is 2.18. The van der Waals surface area contributed by atoms with Crippen molar-refractivity contribution in [2.75, 3.05) is 0 Å². The van der Waals surface area contributed by atoms with Gasteiger partial charge in [0, 0.05) is 11.6 Å². The number of nitrogens with zero attached hydrogens (tertiary/aromatic N) is 1. The minimum absolute atomic E-state index is 0.110. The van der Waals surface area contributed by atoms with Gasteiger partial charge >= 0.3 is 0 Å². The van der Waals surface area contributed by atoms with E-state index >= 15 is 0 Å². The summed E-state index contributed by atoms with van der Waals surface area (Å²) in [5, 5.41) is 21.0. The Bertz CT molecular complexity index is 454. The van der Waals surface area contributed by atoms with Crippen LogP contribution in [0.4, 0.5) is 0 Å². The smallest absolute Gasteiger partial charge is 0.251 e. The van der Waals surface area contributed by atoms with E-state index in [0.29, 0.717) is 11.1 Å². The summed E-state index contributed by atoms with van der Waals surface area (Å²) >= 11 is 0. The van der Waals surface area contributed by atoms with Crippen molar-refractivity contribution in [2.24, 2.45) is 0 Å². The SMILES string of the molecule is N#Cc1ccc(C(=O)NC2CCC(O)CC2)cc1. The summed E-state index contributed by atoms with van der Waals surface area (Å²) in [7, 11) is 0. The van der Waals surface area contributed by atoms with E-state index in [1.54, 1.807) is 24.3 Å². The Hall–Kier alpha value is -1.86. The molecule has 1 amide bonds. The minimum atomic E-state index is -0.215. The minimum Gasteiger partial charge on any atom is -0.393 e. The van der Waals surface area contributed by atoms with Crippen molar-refractivity contribution in [2.45, 2.75) is 37.8 Å². The number of hydrogen-bond acceptors (Lipinski definition) is 3. The van der Waals surface area contributed by atoms with Gasteiger partial charge in [-0.1, -0.05) is 0 Å². The van der Waals surface area contributed by atoms with Crippen molar-refractivity contribution in [1.82, 2.24) is 5.32 Å². The fraction of sp³-hybridized carbons (Fsp3) is 0.429. The molecule has 1 saturated carbocycles. The molecule has 1 aromatic rings. The number of amides is 1. The molecule has 1 aromatic carbocycles. The maximum absolute atomic E-state index is 11.9. The lowest BCUT2D eigenvalue weighted by atomic mass is 9.93. The van der Waals surface area contributed by atoms with E-state index in [4.69, 9.17) is 5.26 Å². The van der Waals surface area contributed by atoms with Crippen LogP contribution in [0.2, 0.25) is 0 Å². The lowest BCUT2D eigenvalue weighted by molar-refractivity contribution is 0.0867. The predicted molar refractivity (Wildman–Crippen MR) is 66.9 cm³/mol. The largest absolute Gasteiger partial charge is 0.393 e. The van der Waals surface area contributed by atoms with Crippen LogP contribution in [0, 0.1) is 11.3 Å². The Kier molecular flexibility index (Phi) is 3.96. The Morgan fingerprint density at radius 3 is 2.39 bits per heavy atom. The number of aliphatic hydroxyl groups excluding tert-OH is 1. The Labute approximate surface area is 106 Å². The summed E-state index contributed by atoms with van der Waals surface area (Å²) in [5.74, 6) is -0.110. The van der Waals surface area contributed by atoms with Crippen LogP contribution >= 0.6 is 0 Å². The molecule has 0 atom stereocenters. The number of hydrogen-bond donors (Lipinski definition) is 2. The molecule has 18 heavy (non-hydrogen) atoms. The Morgan fingerprint density at radius 2 is 1.83 bits per heavy atom. The lowest BCUT2D eigenvalue weighted by Crippen LogP contribution is -2.38. The first-order valence-corrected chi connectivity index (χ1v) is 6.18. The standard InChI is InChI=1S/C14H16N2O2/c15-9-10-1-3-11(4-2-10)14(18)16-12-5-7-13(17)8-6-12/h1-4,12-13,17H,5-8H2,(H,16,18). The first-order chi connectivity index (χ1) is 8.69. The molecule has 1 aliphatic carbocycles. The van der Waals surface area contributed by atoms with Gasteiger partial charge < -0.3 is 10.4 Å². The van der Waals surface area contributed by atoms with E-state index in [0.717, 1.165) is 25.7 Å². The quantitative estimate of drug-likeness (QED) is 0.829. The van der Waals surface area contributed by atoms with E-state index in [1.165, 1.54) is 0 Å². The number of benzene rings is 1. The zero-order valence-electron chi connectivity index (χ0n) is 10.1. The van der Waals surface area contributed by atoms with Crippen molar-refractivity contribution in [3.63, 3.8) is 0 Å². The van der Waals surface area contributed by atoms with Gasteiger partial charge in [-0.2, -0.15) is 5.26 Å². The third-order valence-electron chi connectivity index (χ3n) is 3.31. The fourth-order valence-electron chi connectivity index (χ4n) is 2.19. The van der Waals surface area contributed by atoms with Gasteiger partial charge in [-0.15, -0.1) is 0 Å². The van der Waals surface area contributed by atoms with Crippen LogP contribution in [0.3, 0.4) is 0 Å². The van der Waals surface area contributed by atoms with E-state index in [-0.39, 0.29) is 18.1 Å². The molecular formula is C14H16N2O2. The average molecular weight is 244 g/mol. The third-order valence-corrected chi connectivity index (χ3v) is 3.31. The second kappa shape index (κ2) is 5.65. The van der Waals surface area contributed by atoms with Crippen LogP contribution in [0.1, 0.15) is 41.6 Å². The molecule has 2 rings (SSSR count). The molecule has 2 N–H and O–H groups in total. The molecular weight excluding hydrogens is 228 g/mol. The van der Waals surface area contributed by atoms with Gasteiger partial charge in [0.05, 0.1) is 17.7 Å². The van der Waals surface area contributed by atoms with Crippen molar-refractivity contribution >= 4 is 5.91 Å². The molecule has 1 aliphatic rings. The van der Waals surface area contributed by atoms with Crippen molar-refractivity contribution < 1.29 is 9.90 Å². The first-order valence-electron chi connectivity index (χ1n) is 6.18. The summed E-state index contributed by atoms with van der Waals surface area (Å²) in [6.07, 6.45) is 2.93. The second-order valence-corrected chi connectivity index (χ2v) is 4.67. The van der Waals surface area contributed by atoms with Crippen molar-refractivity contribution in [3.05, 3.63) is 35.4 Å². The van der Waals surface area contributed by atoms with Crippen molar-refractivity contribution in [1.29, 1.82) is 5.26 Å². The van der Waals surface area contributed by atoms with Gasteiger partial charge in [0.25, 0.3) is 5.91 Å². The van der Waals surface area contributed by atoms with E-state index < -0.39 is 0 Å². The number of carbonyl (C=O) groups excluding carboxylic acids is 1. The van der Waals surface area contributed by atoms with E-state index in [1.807, 2.05) is 6.07 Å². The Balaban J connectivity index is 1.93. The number of nitrogens with one attached hydrogen (secondary N) is 1. The summed E-state index contributed by atoms with van der Waals surface area (Å²) in [4.78, 5) is 11.9. The number of aliphatic hydroxyl groups is 1. The molecule has 94 valence electrons. The fourth-order valence-corrected chi connectivity index (χ4v) is 2.19. The predicted octanol–water partition coefficient (Wildman–Crippen LogP) is 1.59. The van der Waals surface area contributed by atoms with E-state index in [9.17, 15) is 9.90 Å². The van der Waals surface area contributed by atoms with Crippen LogP contribution in [-0.2, 0) is 0 Å². The molecule has 4 heteroatoms. The third kappa shape index (κ3) is 3.08. The van der Waals surface area contributed by atoms with Crippen molar-refractivity contribution in [3.8, 4) is 6.07 Å². The summed E-state index contributed by atoms with van der Waals surface area (Å²) in [5.41, 5.74) is 1.12. The van der Waals surface area contributed by atoms with Gasteiger partial charge in [0.2, 0.25) is 0 Å². The van der Waals surface area contributed by atoms with Crippen LogP contribution in [0.25, 0.3) is 0 Å². The maximum atomic E-state index is 11.9. The molecule has 0 unspecified atom stereocenters. The summed E-state index contributed by atoms with van der Waals surface area (Å²) < 4.78 is 0. The zero-order valence-corrected chi connectivity index (χ0v) is 10.1. The molecule has 0 saturated heterocycles. The van der Waals surface area contributed by atoms with Crippen LogP contribution < -0.4 is 5.32 Å².